The SMILES string of the molecule is CCNC(=O)N1C(=O)N=C(C)C(C#N)C1c1cccc(OC)c1. The fourth-order valence-corrected chi connectivity index (χ4v) is 2.55. The molecule has 2 rings (SSSR count). The van der Waals surface area contributed by atoms with E-state index in [-0.39, 0.29) is 0 Å². The van der Waals surface area contributed by atoms with E-state index >= 15 is 0 Å². The third kappa shape index (κ3) is 3.16. The number of ether oxygens (including phenoxy) is 1. The summed E-state index contributed by atoms with van der Waals surface area (Å²) in [6, 6.07) is 7.14. The summed E-state index contributed by atoms with van der Waals surface area (Å²) >= 11 is 0. The second kappa shape index (κ2) is 6.92. The van der Waals surface area contributed by atoms with Crippen LogP contribution in [0.3, 0.4) is 0 Å². The maximum Gasteiger partial charge on any atom is 0.352 e. The van der Waals surface area contributed by atoms with Crippen LogP contribution in [0, 0.1) is 17.2 Å². The number of urea groups is 2. The van der Waals surface area contributed by atoms with Crippen LogP contribution in [0.25, 0.3) is 0 Å². The number of nitriles is 1. The molecule has 1 aliphatic heterocycles. The van der Waals surface area contributed by atoms with Gasteiger partial charge in [0.15, 0.2) is 0 Å². The number of carbonyl (C=O) groups excluding carboxylic acids is 2. The van der Waals surface area contributed by atoms with Gasteiger partial charge in [-0.05, 0) is 31.5 Å². The average molecular weight is 314 g/mol. The molecule has 0 saturated heterocycles. The zero-order valence-corrected chi connectivity index (χ0v) is 13.2. The van der Waals surface area contributed by atoms with E-state index in [0.717, 1.165) is 4.90 Å². The van der Waals surface area contributed by atoms with Gasteiger partial charge in [0.05, 0.1) is 19.2 Å². The molecule has 7 nitrogen and oxygen atoms in total. The van der Waals surface area contributed by atoms with Crippen molar-refractivity contribution in [1.29, 1.82) is 5.26 Å². The number of nitrogens with zero attached hydrogens (tertiary/aromatic N) is 3. The Labute approximate surface area is 134 Å². The third-order valence-corrected chi connectivity index (χ3v) is 3.64. The van der Waals surface area contributed by atoms with Crippen molar-refractivity contribution in [3.05, 3.63) is 29.8 Å². The highest BCUT2D eigenvalue weighted by Gasteiger charge is 2.41. The Balaban J connectivity index is 2.55. The lowest BCUT2D eigenvalue weighted by Crippen LogP contribution is -2.50. The van der Waals surface area contributed by atoms with E-state index in [1.54, 1.807) is 38.1 Å². The molecule has 0 spiro atoms. The van der Waals surface area contributed by atoms with Crippen molar-refractivity contribution in [2.45, 2.75) is 19.9 Å². The molecule has 1 N–H and O–H groups in total. The Kier molecular flexibility index (Phi) is 4.96. The Hall–Kier alpha value is -2.88. The van der Waals surface area contributed by atoms with Crippen molar-refractivity contribution in [3.63, 3.8) is 0 Å². The van der Waals surface area contributed by atoms with Gasteiger partial charge in [-0.2, -0.15) is 5.26 Å². The first-order valence-electron chi connectivity index (χ1n) is 7.23. The van der Waals surface area contributed by atoms with Crippen molar-refractivity contribution < 1.29 is 14.3 Å². The van der Waals surface area contributed by atoms with E-state index in [2.05, 4.69) is 16.4 Å². The van der Waals surface area contributed by atoms with Gasteiger partial charge < -0.3 is 10.1 Å². The summed E-state index contributed by atoms with van der Waals surface area (Å²) in [5.41, 5.74) is 1.04. The molecule has 7 heteroatoms. The summed E-state index contributed by atoms with van der Waals surface area (Å²) in [5, 5.41) is 12.1. The topological polar surface area (TPSA) is 94.8 Å². The fraction of sp³-hybridized carbons (Fsp3) is 0.375. The lowest BCUT2D eigenvalue weighted by Gasteiger charge is -2.35. The highest BCUT2D eigenvalue weighted by molar-refractivity contribution is 6.05. The first kappa shape index (κ1) is 16.5. The zero-order valence-electron chi connectivity index (χ0n) is 13.2. The minimum atomic E-state index is -0.744. The summed E-state index contributed by atoms with van der Waals surface area (Å²) in [4.78, 5) is 29.4. The van der Waals surface area contributed by atoms with Gasteiger partial charge >= 0.3 is 12.1 Å². The molecule has 1 aliphatic rings. The van der Waals surface area contributed by atoms with Crippen molar-refractivity contribution in [2.75, 3.05) is 13.7 Å². The van der Waals surface area contributed by atoms with Crippen LogP contribution in [0.5, 0.6) is 5.75 Å². The Morgan fingerprint density at radius 3 is 2.87 bits per heavy atom. The molecular weight excluding hydrogens is 296 g/mol. The van der Waals surface area contributed by atoms with E-state index in [9.17, 15) is 14.9 Å². The van der Waals surface area contributed by atoms with Crippen molar-refractivity contribution >= 4 is 17.8 Å². The zero-order chi connectivity index (χ0) is 17.0. The number of aliphatic imine (C=N–C) groups is 1. The second-order valence-electron chi connectivity index (χ2n) is 5.07. The highest BCUT2D eigenvalue weighted by Crippen LogP contribution is 2.35. The van der Waals surface area contributed by atoms with Gasteiger partial charge in [0.2, 0.25) is 0 Å². The molecular formula is C16H18N4O3. The summed E-state index contributed by atoms with van der Waals surface area (Å²) in [5.74, 6) is -0.120. The van der Waals surface area contributed by atoms with Gasteiger partial charge in [-0.1, -0.05) is 12.1 Å². The third-order valence-electron chi connectivity index (χ3n) is 3.64. The maximum atomic E-state index is 12.3. The molecule has 2 unspecified atom stereocenters. The first-order chi connectivity index (χ1) is 11.0. The summed E-state index contributed by atoms with van der Waals surface area (Å²) in [6.45, 7) is 3.74. The number of hydrogen-bond acceptors (Lipinski definition) is 4. The first-order valence-corrected chi connectivity index (χ1v) is 7.23. The van der Waals surface area contributed by atoms with E-state index in [1.807, 2.05) is 0 Å². The number of methoxy groups -OCH3 is 1. The molecule has 23 heavy (non-hydrogen) atoms. The van der Waals surface area contributed by atoms with Gasteiger partial charge in [0, 0.05) is 12.3 Å². The number of benzene rings is 1. The van der Waals surface area contributed by atoms with Gasteiger partial charge in [-0.3, -0.25) is 0 Å². The van der Waals surface area contributed by atoms with E-state index in [4.69, 9.17) is 4.74 Å². The second-order valence-corrected chi connectivity index (χ2v) is 5.07. The fourth-order valence-electron chi connectivity index (χ4n) is 2.55. The van der Waals surface area contributed by atoms with Crippen LogP contribution in [-0.2, 0) is 0 Å². The maximum absolute atomic E-state index is 12.3. The normalized spacial score (nSPS) is 20.5. The van der Waals surface area contributed by atoms with Crippen LogP contribution >= 0.6 is 0 Å². The van der Waals surface area contributed by atoms with Gasteiger partial charge in [0.1, 0.15) is 11.7 Å². The molecule has 0 fully saturated rings. The smallest absolute Gasteiger partial charge is 0.352 e. The molecule has 0 aliphatic carbocycles. The van der Waals surface area contributed by atoms with Gasteiger partial charge in [-0.15, -0.1) is 0 Å². The molecule has 4 amide bonds. The van der Waals surface area contributed by atoms with Crippen LogP contribution in [0.2, 0.25) is 0 Å². The Morgan fingerprint density at radius 2 is 2.26 bits per heavy atom. The quantitative estimate of drug-likeness (QED) is 0.927. The van der Waals surface area contributed by atoms with Gasteiger partial charge in [-0.25, -0.2) is 19.5 Å². The molecule has 1 aromatic carbocycles. The van der Waals surface area contributed by atoms with Crippen LogP contribution in [0.1, 0.15) is 25.5 Å². The Morgan fingerprint density at radius 1 is 1.52 bits per heavy atom. The van der Waals surface area contributed by atoms with Crippen molar-refractivity contribution in [3.8, 4) is 11.8 Å². The molecule has 2 atom stereocenters. The van der Waals surface area contributed by atoms with Crippen LogP contribution in [0.15, 0.2) is 29.3 Å². The lowest BCUT2D eigenvalue weighted by atomic mass is 9.88. The summed E-state index contributed by atoms with van der Waals surface area (Å²) < 4.78 is 5.19. The number of carbonyl (C=O) groups is 2. The lowest BCUT2D eigenvalue weighted by molar-refractivity contribution is 0.167. The molecule has 1 aromatic rings. The van der Waals surface area contributed by atoms with E-state index < -0.39 is 24.0 Å². The molecule has 1 heterocycles. The minimum Gasteiger partial charge on any atom is -0.497 e. The standard InChI is InChI=1S/C16H18N4O3/c1-4-18-15(21)20-14(11-6-5-7-12(8-11)23-3)13(9-17)10(2)19-16(20)22/h5-8,13-14H,4H2,1-3H3,(H,18,21). The van der Waals surface area contributed by atoms with Crippen molar-refractivity contribution in [2.24, 2.45) is 10.9 Å². The number of nitrogens with one attached hydrogen (secondary N) is 1. The molecule has 0 aromatic heterocycles. The summed E-state index contributed by atoms with van der Waals surface area (Å²) in [7, 11) is 1.53. The van der Waals surface area contributed by atoms with Crippen LogP contribution in [0.4, 0.5) is 9.59 Å². The molecule has 120 valence electrons. The molecule has 0 bridgehead atoms. The van der Waals surface area contributed by atoms with Crippen LogP contribution < -0.4 is 10.1 Å². The average Bonchev–Trinajstić information content (AvgIpc) is 2.54. The summed E-state index contributed by atoms with van der Waals surface area (Å²) in [6.07, 6.45) is 0. The highest BCUT2D eigenvalue weighted by atomic mass is 16.5. The number of imide groups is 1. The van der Waals surface area contributed by atoms with Crippen LogP contribution in [-0.4, -0.2) is 36.3 Å². The van der Waals surface area contributed by atoms with Gasteiger partial charge in [0.25, 0.3) is 0 Å². The number of hydrogen-bond donors (Lipinski definition) is 1. The monoisotopic (exact) mass is 314 g/mol. The predicted molar refractivity (Wildman–Crippen MR) is 84.3 cm³/mol. The molecule has 0 radical (unpaired) electrons. The number of rotatable bonds is 3. The van der Waals surface area contributed by atoms with E-state index in [1.165, 1.54) is 7.11 Å². The Bertz CT molecular complexity index is 693. The van der Waals surface area contributed by atoms with Crippen molar-refractivity contribution in [1.82, 2.24) is 10.2 Å². The van der Waals surface area contributed by atoms with E-state index in [0.29, 0.717) is 23.6 Å². The minimum absolute atomic E-state index is 0.368. The largest absolute Gasteiger partial charge is 0.497 e. The predicted octanol–water partition coefficient (Wildman–Crippen LogP) is 2.50. The number of amides is 4. The molecule has 0 saturated carbocycles.